The highest BCUT2D eigenvalue weighted by atomic mass is 32.1. The van der Waals surface area contributed by atoms with Crippen LogP contribution in [-0.4, -0.2) is 25.2 Å². The number of hydrogen-bond acceptors (Lipinski definition) is 4. The van der Waals surface area contributed by atoms with Crippen molar-refractivity contribution < 1.29 is 4.79 Å². The first kappa shape index (κ1) is 13.4. The van der Waals surface area contributed by atoms with E-state index in [0.29, 0.717) is 19.1 Å². The van der Waals surface area contributed by atoms with Crippen LogP contribution in [-0.2, 0) is 6.54 Å². The highest BCUT2D eigenvalue weighted by Crippen LogP contribution is 2.25. The summed E-state index contributed by atoms with van der Waals surface area (Å²) in [6, 6.07) is 8.46. The largest absolute Gasteiger partial charge is 0.337 e. The Labute approximate surface area is 121 Å². The number of thiophene rings is 1. The molecule has 6 heteroatoms. The van der Waals surface area contributed by atoms with E-state index < -0.39 is 0 Å². The molecule has 0 radical (unpaired) electrons. The van der Waals surface area contributed by atoms with Gasteiger partial charge in [-0.15, -0.1) is 11.3 Å². The zero-order valence-electron chi connectivity index (χ0n) is 11.1. The van der Waals surface area contributed by atoms with Crippen LogP contribution in [0.3, 0.4) is 0 Å². The molecule has 4 N–H and O–H groups in total. The van der Waals surface area contributed by atoms with E-state index in [2.05, 4.69) is 39.0 Å². The average molecular weight is 290 g/mol. The third-order valence-electron chi connectivity index (χ3n) is 3.43. The summed E-state index contributed by atoms with van der Waals surface area (Å²) in [5.74, 6) is 0. The maximum atomic E-state index is 11.8. The third kappa shape index (κ3) is 3.09. The molecule has 0 aliphatic carbocycles. The lowest BCUT2D eigenvalue weighted by Crippen LogP contribution is -2.43. The summed E-state index contributed by atoms with van der Waals surface area (Å²) in [5, 5.41) is 9.12. The lowest BCUT2D eigenvalue weighted by atomic mass is 10.2. The van der Waals surface area contributed by atoms with Crippen molar-refractivity contribution in [2.45, 2.75) is 19.0 Å². The van der Waals surface area contributed by atoms with E-state index in [1.54, 1.807) is 11.3 Å². The predicted molar refractivity (Wildman–Crippen MR) is 81.6 cm³/mol. The summed E-state index contributed by atoms with van der Waals surface area (Å²) >= 11 is 1.71. The van der Waals surface area contributed by atoms with E-state index in [4.69, 9.17) is 0 Å². The zero-order chi connectivity index (χ0) is 13.8. The molecule has 20 heavy (non-hydrogen) atoms. The standard InChI is InChI=1S/C14H18N4OS/c19-14(16-8-11-5-6-17-18-11)15-7-10-9-20-13-4-2-1-3-12(10)13/h1-4,9,11,17-18H,5-8H2,(H2,15,16,19). The van der Waals surface area contributed by atoms with Crippen LogP contribution in [0.2, 0.25) is 0 Å². The smallest absolute Gasteiger partial charge is 0.315 e. The Morgan fingerprint density at radius 1 is 1.35 bits per heavy atom. The molecule has 0 saturated carbocycles. The minimum atomic E-state index is -0.117. The van der Waals surface area contributed by atoms with Crippen molar-refractivity contribution in [3.05, 3.63) is 35.2 Å². The van der Waals surface area contributed by atoms with E-state index in [-0.39, 0.29) is 6.03 Å². The highest BCUT2D eigenvalue weighted by Gasteiger charge is 2.14. The number of benzene rings is 1. The average Bonchev–Trinajstić information content (AvgIpc) is 3.12. The van der Waals surface area contributed by atoms with Gasteiger partial charge in [0.25, 0.3) is 0 Å². The SMILES string of the molecule is O=C(NCc1csc2ccccc12)NCC1CCNN1. The van der Waals surface area contributed by atoms with E-state index in [0.717, 1.165) is 13.0 Å². The summed E-state index contributed by atoms with van der Waals surface area (Å²) < 4.78 is 1.26. The van der Waals surface area contributed by atoms with E-state index in [1.807, 2.05) is 12.1 Å². The normalized spacial score (nSPS) is 18.3. The van der Waals surface area contributed by atoms with Crippen LogP contribution >= 0.6 is 11.3 Å². The molecule has 0 spiro atoms. The zero-order valence-corrected chi connectivity index (χ0v) is 11.9. The highest BCUT2D eigenvalue weighted by molar-refractivity contribution is 7.17. The fraction of sp³-hybridized carbons (Fsp3) is 0.357. The Hall–Kier alpha value is -1.63. The number of nitrogens with one attached hydrogen (secondary N) is 4. The maximum absolute atomic E-state index is 11.8. The van der Waals surface area contributed by atoms with Crippen LogP contribution in [0.15, 0.2) is 29.6 Å². The summed E-state index contributed by atoms with van der Waals surface area (Å²) in [6.45, 7) is 2.16. The molecule has 1 saturated heterocycles. The molecule has 1 aromatic heterocycles. The van der Waals surface area contributed by atoms with Gasteiger partial charge in [0.15, 0.2) is 0 Å². The monoisotopic (exact) mass is 290 g/mol. The van der Waals surface area contributed by atoms with Crippen molar-refractivity contribution in [3.63, 3.8) is 0 Å². The molecular weight excluding hydrogens is 272 g/mol. The quantitative estimate of drug-likeness (QED) is 0.691. The molecule has 5 nitrogen and oxygen atoms in total. The van der Waals surface area contributed by atoms with Gasteiger partial charge in [-0.25, -0.2) is 4.79 Å². The third-order valence-corrected chi connectivity index (χ3v) is 4.45. The Bertz CT molecular complexity index is 592. The van der Waals surface area contributed by atoms with Gasteiger partial charge in [0, 0.05) is 30.4 Å². The second-order valence-electron chi connectivity index (χ2n) is 4.88. The summed E-state index contributed by atoms with van der Waals surface area (Å²) in [4.78, 5) is 11.8. The molecule has 1 aromatic carbocycles. The first-order valence-corrected chi connectivity index (χ1v) is 7.66. The van der Waals surface area contributed by atoms with Gasteiger partial charge in [-0.3, -0.25) is 10.9 Å². The number of urea groups is 1. The maximum Gasteiger partial charge on any atom is 0.315 e. The molecule has 1 fully saturated rings. The molecule has 1 aliphatic rings. The van der Waals surface area contributed by atoms with Crippen molar-refractivity contribution in [3.8, 4) is 0 Å². The van der Waals surface area contributed by atoms with E-state index >= 15 is 0 Å². The molecule has 1 atom stereocenters. The van der Waals surface area contributed by atoms with Gasteiger partial charge in [-0.1, -0.05) is 18.2 Å². The van der Waals surface area contributed by atoms with Gasteiger partial charge in [-0.05, 0) is 28.8 Å². The fourth-order valence-electron chi connectivity index (χ4n) is 2.31. The van der Waals surface area contributed by atoms with Crippen molar-refractivity contribution in [1.29, 1.82) is 0 Å². The van der Waals surface area contributed by atoms with Crippen LogP contribution in [0.1, 0.15) is 12.0 Å². The molecule has 2 amide bonds. The van der Waals surface area contributed by atoms with Gasteiger partial charge < -0.3 is 10.6 Å². The Morgan fingerprint density at radius 3 is 3.10 bits per heavy atom. The lowest BCUT2D eigenvalue weighted by molar-refractivity contribution is 0.239. The minimum Gasteiger partial charge on any atom is -0.337 e. The molecule has 1 aliphatic heterocycles. The van der Waals surface area contributed by atoms with Crippen molar-refractivity contribution in [1.82, 2.24) is 21.5 Å². The van der Waals surface area contributed by atoms with Gasteiger partial charge in [-0.2, -0.15) is 0 Å². The Balaban J connectivity index is 1.49. The molecular formula is C14H18N4OS. The van der Waals surface area contributed by atoms with Crippen LogP contribution in [0.4, 0.5) is 4.79 Å². The fourth-order valence-corrected chi connectivity index (χ4v) is 3.27. The first-order chi connectivity index (χ1) is 9.83. The molecule has 3 rings (SSSR count). The number of hydrazine groups is 1. The number of fused-ring (bicyclic) bond motifs is 1. The summed E-state index contributed by atoms with van der Waals surface area (Å²) in [6.07, 6.45) is 1.04. The topological polar surface area (TPSA) is 65.2 Å². The number of amides is 2. The second kappa shape index (κ2) is 6.21. The van der Waals surface area contributed by atoms with Crippen molar-refractivity contribution in [2.75, 3.05) is 13.1 Å². The number of hydrogen-bond donors (Lipinski definition) is 4. The molecule has 0 bridgehead atoms. The van der Waals surface area contributed by atoms with Gasteiger partial charge in [0.05, 0.1) is 0 Å². The number of carbonyl (C=O) groups is 1. The number of rotatable bonds is 4. The number of carbonyl (C=O) groups excluding carboxylic acids is 1. The van der Waals surface area contributed by atoms with Crippen LogP contribution in [0.5, 0.6) is 0 Å². The van der Waals surface area contributed by atoms with Crippen molar-refractivity contribution >= 4 is 27.5 Å². The lowest BCUT2D eigenvalue weighted by Gasteiger charge is -2.11. The van der Waals surface area contributed by atoms with Gasteiger partial charge >= 0.3 is 6.03 Å². The van der Waals surface area contributed by atoms with E-state index in [1.165, 1.54) is 15.6 Å². The first-order valence-electron chi connectivity index (χ1n) is 6.78. The van der Waals surface area contributed by atoms with E-state index in [9.17, 15) is 4.79 Å². The van der Waals surface area contributed by atoms with Crippen LogP contribution in [0.25, 0.3) is 10.1 Å². The second-order valence-corrected chi connectivity index (χ2v) is 5.79. The van der Waals surface area contributed by atoms with Gasteiger partial charge in [0.2, 0.25) is 0 Å². The minimum absolute atomic E-state index is 0.117. The van der Waals surface area contributed by atoms with Crippen LogP contribution < -0.4 is 21.5 Å². The van der Waals surface area contributed by atoms with Gasteiger partial charge in [0.1, 0.15) is 0 Å². The summed E-state index contributed by atoms with van der Waals surface area (Å²) in [7, 11) is 0. The Kier molecular flexibility index (Phi) is 4.15. The molecule has 106 valence electrons. The molecule has 2 heterocycles. The van der Waals surface area contributed by atoms with Crippen molar-refractivity contribution in [2.24, 2.45) is 0 Å². The molecule has 2 aromatic rings. The predicted octanol–water partition coefficient (Wildman–Crippen LogP) is 1.57. The van der Waals surface area contributed by atoms with Crippen LogP contribution in [0, 0.1) is 0 Å². The molecule has 1 unspecified atom stereocenters. The summed E-state index contributed by atoms with van der Waals surface area (Å²) in [5.41, 5.74) is 7.33. The Morgan fingerprint density at radius 2 is 2.25 bits per heavy atom.